The van der Waals surface area contributed by atoms with Crippen LogP contribution in [0.25, 0.3) is 0 Å². The molecule has 1 fully saturated rings. The van der Waals surface area contributed by atoms with E-state index >= 15 is 0 Å². The lowest BCUT2D eigenvalue weighted by atomic mass is 10.1. The molecule has 1 aromatic rings. The van der Waals surface area contributed by atoms with E-state index < -0.39 is 11.8 Å². The van der Waals surface area contributed by atoms with Crippen molar-refractivity contribution in [3.63, 3.8) is 0 Å². The first-order valence-electron chi connectivity index (χ1n) is 8.65. The number of benzene rings is 1. The summed E-state index contributed by atoms with van der Waals surface area (Å²) in [7, 11) is 0. The molecule has 6 nitrogen and oxygen atoms in total. The van der Waals surface area contributed by atoms with Crippen LogP contribution in [0.15, 0.2) is 30.3 Å². The highest BCUT2D eigenvalue weighted by Gasteiger charge is 2.21. The molecule has 0 aromatic heterocycles. The summed E-state index contributed by atoms with van der Waals surface area (Å²) in [5.41, 5.74) is 1.20. The minimum Gasteiger partial charge on any atom is -0.371 e. The van der Waals surface area contributed by atoms with Crippen LogP contribution < -0.4 is 10.6 Å². The second-order valence-electron chi connectivity index (χ2n) is 5.94. The number of amides is 2. The highest BCUT2D eigenvalue weighted by atomic mass is 16.5. The normalized spacial score (nSPS) is 18.1. The van der Waals surface area contributed by atoms with Gasteiger partial charge in [-0.1, -0.05) is 37.3 Å². The van der Waals surface area contributed by atoms with Gasteiger partial charge in [0.2, 0.25) is 0 Å². The van der Waals surface area contributed by atoms with E-state index in [1.807, 2.05) is 25.1 Å². The third kappa shape index (κ3) is 5.94. The van der Waals surface area contributed by atoms with Gasteiger partial charge in [-0.15, -0.1) is 0 Å². The molecule has 2 N–H and O–H groups in total. The number of hydrogen-bond acceptors (Lipinski definition) is 4. The summed E-state index contributed by atoms with van der Waals surface area (Å²) in [4.78, 5) is 25.4. The Kier molecular flexibility index (Phi) is 7.71. The molecule has 0 unspecified atom stereocenters. The summed E-state index contributed by atoms with van der Waals surface area (Å²) < 4.78 is 5.84. The third-order valence-electron chi connectivity index (χ3n) is 4.00. The lowest BCUT2D eigenvalue weighted by Gasteiger charge is -2.33. The second-order valence-corrected chi connectivity index (χ2v) is 5.94. The quantitative estimate of drug-likeness (QED) is 0.579. The van der Waals surface area contributed by atoms with Crippen molar-refractivity contribution in [2.24, 2.45) is 0 Å². The first kappa shape index (κ1) is 18.4. The zero-order chi connectivity index (χ0) is 17.2. The minimum absolute atomic E-state index is 0.106. The first-order valence-corrected chi connectivity index (χ1v) is 8.65. The van der Waals surface area contributed by atoms with Crippen molar-refractivity contribution in [3.8, 4) is 0 Å². The number of nitrogens with zero attached hydrogens (tertiary/aromatic N) is 1. The summed E-state index contributed by atoms with van der Waals surface area (Å²) in [6.07, 6.45) is 1.74. The van der Waals surface area contributed by atoms with Gasteiger partial charge in [0.15, 0.2) is 0 Å². The van der Waals surface area contributed by atoms with Gasteiger partial charge in [-0.25, -0.2) is 0 Å². The van der Waals surface area contributed by atoms with E-state index in [1.165, 1.54) is 5.56 Å². The van der Waals surface area contributed by atoms with E-state index in [4.69, 9.17) is 4.74 Å². The molecule has 1 aliphatic rings. The molecule has 24 heavy (non-hydrogen) atoms. The van der Waals surface area contributed by atoms with Gasteiger partial charge in [0.1, 0.15) is 0 Å². The van der Waals surface area contributed by atoms with Gasteiger partial charge in [0.25, 0.3) is 0 Å². The fourth-order valence-corrected chi connectivity index (χ4v) is 2.68. The van der Waals surface area contributed by atoms with Gasteiger partial charge in [-0.2, -0.15) is 0 Å². The molecule has 132 valence electrons. The van der Waals surface area contributed by atoms with E-state index in [9.17, 15) is 9.59 Å². The van der Waals surface area contributed by atoms with Crippen molar-refractivity contribution < 1.29 is 14.3 Å². The molecule has 1 heterocycles. The van der Waals surface area contributed by atoms with Gasteiger partial charge >= 0.3 is 11.8 Å². The molecule has 0 aliphatic carbocycles. The van der Waals surface area contributed by atoms with Crippen molar-refractivity contribution >= 4 is 11.8 Å². The van der Waals surface area contributed by atoms with E-state index in [0.717, 1.165) is 32.5 Å². The summed E-state index contributed by atoms with van der Waals surface area (Å²) in [5.74, 6) is -1.10. The third-order valence-corrected chi connectivity index (χ3v) is 4.00. The number of carbonyl (C=O) groups excluding carboxylic acids is 2. The summed E-state index contributed by atoms with van der Waals surface area (Å²) >= 11 is 0. The Morgan fingerprint density at radius 1 is 1.17 bits per heavy atom. The molecule has 0 spiro atoms. The van der Waals surface area contributed by atoms with Gasteiger partial charge in [-0.05, 0) is 18.4 Å². The smallest absolute Gasteiger partial charge is 0.309 e. The van der Waals surface area contributed by atoms with Gasteiger partial charge < -0.3 is 15.4 Å². The summed E-state index contributed by atoms with van der Waals surface area (Å²) in [6, 6.07) is 10.2. The first-order chi connectivity index (χ1) is 11.7. The van der Waals surface area contributed by atoms with Crippen LogP contribution in [0.1, 0.15) is 31.4 Å². The molecular formula is C18H27N3O3. The fraction of sp³-hybridized carbons (Fsp3) is 0.556. The standard InChI is InChI=1S/C18H27N3O3/c1-2-9-19-17(22)18(23)20-10-6-11-21-12-13-24-16(14-21)15-7-4-3-5-8-15/h3-5,7-8,16H,2,6,9-14H2,1H3,(H,19,22)(H,20,23)/t16-/m0/s1. The maximum atomic E-state index is 11.6. The van der Waals surface area contributed by atoms with Crippen LogP contribution in [0.3, 0.4) is 0 Å². The molecule has 2 rings (SSSR count). The van der Waals surface area contributed by atoms with E-state index in [0.29, 0.717) is 19.7 Å². The minimum atomic E-state index is -0.549. The molecule has 1 aromatic carbocycles. The van der Waals surface area contributed by atoms with Crippen LogP contribution in [0.2, 0.25) is 0 Å². The Balaban J connectivity index is 1.65. The molecule has 2 amide bonds. The average molecular weight is 333 g/mol. The van der Waals surface area contributed by atoms with Gasteiger partial charge in [-0.3, -0.25) is 14.5 Å². The van der Waals surface area contributed by atoms with Crippen LogP contribution in [0.4, 0.5) is 0 Å². The molecule has 1 aliphatic heterocycles. The molecule has 1 saturated heterocycles. The Hall–Kier alpha value is -1.92. The number of nitrogens with one attached hydrogen (secondary N) is 2. The molecule has 1 atom stereocenters. The monoisotopic (exact) mass is 333 g/mol. The van der Waals surface area contributed by atoms with Gasteiger partial charge in [0, 0.05) is 32.7 Å². The van der Waals surface area contributed by atoms with Crippen LogP contribution in [-0.2, 0) is 14.3 Å². The number of morpholine rings is 1. The molecular weight excluding hydrogens is 306 g/mol. The zero-order valence-corrected chi connectivity index (χ0v) is 14.3. The molecule has 6 heteroatoms. The zero-order valence-electron chi connectivity index (χ0n) is 14.3. The predicted molar refractivity (Wildman–Crippen MR) is 92.5 cm³/mol. The number of hydrogen-bond donors (Lipinski definition) is 2. The van der Waals surface area contributed by atoms with E-state index in [-0.39, 0.29) is 6.10 Å². The maximum Gasteiger partial charge on any atom is 0.309 e. The van der Waals surface area contributed by atoms with Crippen molar-refractivity contribution in [3.05, 3.63) is 35.9 Å². The Morgan fingerprint density at radius 3 is 2.58 bits per heavy atom. The lowest BCUT2D eigenvalue weighted by Crippen LogP contribution is -2.42. The van der Waals surface area contributed by atoms with Crippen LogP contribution in [0, 0.1) is 0 Å². The summed E-state index contributed by atoms with van der Waals surface area (Å²) in [6.45, 7) is 6.33. The van der Waals surface area contributed by atoms with Crippen LogP contribution in [-0.4, -0.2) is 56.0 Å². The highest BCUT2D eigenvalue weighted by Crippen LogP contribution is 2.21. The van der Waals surface area contributed by atoms with E-state index in [2.05, 4.69) is 27.7 Å². The fourth-order valence-electron chi connectivity index (χ4n) is 2.68. The number of ether oxygens (including phenoxy) is 1. The van der Waals surface area contributed by atoms with Crippen LogP contribution in [0.5, 0.6) is 0 Å². The van der Waals surface area contributed by atoms with E-state index in [1.54, 1.807) is 0 Å². The number of carbonyl (C=O) groups is 2. The van der Waals surface area contributed by atoms with Gasteiger partial charge in [0.05, 0.1) is 12.7 Å². The SMILES string of the molecule is CCCNC(=O)C(=O)NCCCN1CCO[C@H](c2ccccc2)C1. The lowest BCUT2D eigenvalue weighted by molar-refractivity contribution is -0.139. The Bertz CT molecular complexity index is 522. The molecule has 0 saturated carbocycles. The predicted octanol–water partition coefficient (Wildman–Crippen LogP) is 1.09. The van der Waals surface area contributed by atoms with Crippen molar-refractivity contribution in [1.29, 1.82) is 0 Å². The topological polar surface area (TPSA) is 70.7 Å². The van der Waals surface area contributed by atoms with Crippen LogP contribution >= 0.6 is 0 Å². The van der Waals surface area contributed by atoms with Crippen molar-refractivity contribution in [1.82, 2.24) is 15.5 Å². The molecule has 0 radical (unpaired) electrons. The largest absolute Gasteiger partial charge is 0.371 e. The average Bonchev–Trinajstić information content (AvgIpc) is 2.64. The maximum absolute atomic E-state index is 11.6. The number of rotatable bonds is 7. The highest BCUT2D eigenvalue weighted by molar-refractivity contribution is 6.35. The Labute approximate surface area is 143 Å². The molecule has 0 bridgehead atoms. The summed E-state index contributed by atoms with van der Waals surface area (Å²) in [5, 5.41) is 5.23. The second kappa shape index (κ2) is 10.1. The Morgan fingerprint density at radius 2 is 1.88 bits per heavy atom. The van der Waals surface area contributed by atoms with Crippen molar-refractivity contribution in [2.45, 2.75) is 25.9 Å². The van der Waals surface area contributed by atoms with Crippen molar-refractivity contribution in [2.75, 3.05) is 39.3 Å².